The van der Waals surface area contributed by atoms with Gasteiger partial charge in [-0.25, -0.2) is 0 Å². The summed E-state index contributed by atoms with van der Waals surface area (Å²) in [6.45, 7) is 2.67. The summed E-state index contributed by atoms with van der Waals surface area (Å²) < 4.78 is 0. The normalized spacial score (nSPS) is 33.2. The van der Waals surface area contributed by atoms with Gasteiger partial charge in [-0.05, 0) is 24.5 Å². The molecule has 1 fully saturated rings. The summed E-state index contributed by atoms with van der Waals surface area (Å²) in [6, 6.07) is 2.98. The maximum Gasteiger partial charge on any atom is 0.202 e. The van der Waals surface area contributed by atoms with E-state index in [1.54, 1.807) is 13.0 Å². The highest BCUT2D eigenvalue weighted by molar-refractivity contribution is 6.23. The standard InChI is InChI=1S/C21H21NO8/c1-6-8-3-4-10(22)17(26)14(8)18(27)15-12(6)16(25)9-5-11(24)13(7(2)23)19(28)21(9,30)20(15)29/h3-4,6,9,12,16,25-28,30H,5,22H2,1-2H3/t6-,9?,12?,16+,21+/m0/s1. The molecule has 7 N–H and O–H groups in total. The van der Waals surface area contributed by atoms with Crippen LogP contribution in [0.5, 0.6) is 5.75 Å². The van der Waals surface area contributed by atoms with Crippen LogP contribution in [0.15, 0.2) is 29.0 Å². The lowest BCUT2D eigenvalue weighted by atomic mass is 9.55. The number of benzene rings is 1. The number of ketones is 3. The predicted octanol–water partition coefficient (Wildman–Crippen LogP) is 0.642. The topological polar surface area (TPSA) is 178 Å². The van der Waals surface area contributed by atoms with E-state index in [-0.39, 0.29) is 11.3 Å². The molecule has 30 heavy (non-hydrogen) atoms. The third-order valence-corrected chi connectivity index (χ3v) is 6.64. The third kappa shape index (κ3) is 2.21. The Bertz CT molecular complexity index is 1100. The SMILES string of the molecule is CC(=O)C1=C(O)[C@@]2(O)C(=O)C3=C(O)c4c(ccc(N)c4O)[C@H](C)C3[C@H](O)C2CC1=O. The lowest BCUT2D eigenvalue weighted by molar-refractivity contribution is -0.160. The largest absolute Gasteiger partial charge is 0.508 e. The number of rotatable bonds is 1. The highest BCUT2D eigenvalue weighted by atomic mass is 16.4. The van der Waals surface area contributed by atoms with E-state index in [1.807, 2.05) is 0 Å². The quantitative estimate of drug-likeness (QED) is 0.218. The zero-order valence-electron chi connectivity index (χ0n) is 16.2. The Labute approximate surface area is 170 Å². The average Bonchev–Trinajstić information content (AvgIpc) is 2.67. The van der Waals surface area contributed by atoms with Gasteiger partial charge in [-0.3, -0.25) is 14.4 Å². The third-order valence-electron chi connectivity index (χ3n) is 6.64. The Morgan fingerprint density at radius 2 is 1.83 bits per heavy atom. The molecule has 0 aliphatic heterocycles. The van der Waals surface area contributed by atoms with E-state index in [0.717, 1.165) is 6.92 Å². The molecule has 0 aromatic heterocycles. The number of carbonyl (C=O) groups excluding carboxylic acids is 3. The van der Waals surface area contributed by atoms with E-state index in [2.05, 4.69) is 0 Å². The van der Waals surface area contributed by atoms with Crippen LogP contribution in [-0.2, 0) is 14.4 Å². The molecule has 0 heterocycles. The van der Waals surface area contributed by atoms with E-state index in [9.17, 15) is 39.9 Å². The molecule has 1 aromatic carbocycles. The number of phenols is 1. The van der Waals surface area contributed by atoms with Gasteiger partial charge in [-0.15, -0.1) is 0 Å². The van der Waals surface area contributed by atoms with Gasteiger partial charge in [0.1, 0.15) is 22.8 Å². The van der Waals surface area contributed by atoms with Gasteiger partial charge in [-0.1, -0.05) is 13.0 Å². The summed E-state index contributed by atoms with van der Waals surface area (Å²) in [6.07, 6.45) is -2.04. The molecule has 1 saturated carbocycles. The highest BCUT2D eigenvalue weighted by Gasteiger charge is 2.64. The number of nitrogen functional groups attached to an aromatic ring is 1. The van der Waals surface area contributed by atoms with E-state index < -0.39 is 81.6 Å². The number of allylic oxidation sites excluding steroid dienone is 1. The number of carbonyl (C=O) groups is 3. The minimum absolute atomic E-state index is 0.0446. The van der Waals surface area contributed by atoms with Crippen molar-refractivity contribution in [3.05, 3.63) is 40.2 Å². The van der Waals surface area contributed by atoms with Gasteiger partial charge in [0.05, 0.1) is 17.4 Å². The van der Waals surface area contributed by atoms with Crippen molar-refractivity contribution in [1.82, 2.24) is 0 Å². The number of hydrogen-bond acceptors (Lipinski definition) is 9. The second-order valence-corrected chi connectivity index (χ2v) is 8.14. The Hall–Kier alpha value is -3.17. The number of nitrogens with two attached hydrogens (primary N) is 1. The van der Waals surface area contributed by atoms with Crippen LogP contribution >= 0.6 is 0 Å². The molecular weight excluding hydrogens is 394 g/mol. The monoisotopic (exact) mass is 415 g/mol. The van der Waals surface area contributed by atoms with Crippen molar-refractivity contribution in [3.63, 3.8) is 0 Å². The predicted molar refractivity (Wildman–Crippen MR) is 103 cm³/mol. The van der Waals surface area contributed by atoms with Gasteiger partial charge in [-0.2, -0.15) is 0 Å². The summed E-state index contributed by atoms with van der Waals surface area (Å²) in [5.74, 6) is -8.04. The summed E-state index contributed by atoms with van der Waals surface area (Å²) in [4.78, 5) is 37.6. The number of phenolic OH excluding ortho intramolecular Hbond substituents is 1. The smallest absolute Gasteiger partial charge is 0.202 e. The van der Waals surface area contributed by atoms with E-state index in [1.165, 1.54) is 6.07 Å². The molecule has 0 spiro atoms. The first-order chi connectivity index (χ1) is 13.9. The maximum atomic E-state index is 13.4. The average molecular weight is 415 g/mol. The highest BCUT2D eigenvalue weighted by Crippen LogP contribution is 2.56. The first kappa shape index (κ1) is 20.1. The number of fused-ring (bicyclic) bond motifs is 3. The molecule has 0 saturated heterocycles. The van der Waals surface area contributed by atoms with Crippen LogP contribution in [0.3, 0.4) is 0 Å². The van der Waals surface area contributed by atoms with Gasteiger partial charge in [0.2, 0.25) is 5.78 Å². The van der Waals surface area contributed by atoms with Crippen LogP contribution in [0.25, 0.3) is 5.76 Å². The molecule has 5 atom stereocenters. The summed E-state index contributed by atoms with van der Waals surface area (Å²) in [7, 11) is 0. The molecule has 9 nitrogen and oxygen atoms in total. The molecule has 158 valence electrons. The molecule has 0 amide bonds. The molecule has 2 unspecified atom stereocenters. The number of aliphatic hydroxyl groups is 4. The maximum absolute atomic E-state index is 13.4. The van der Waals surface area contributed by atoms with Gasteiger partial charge >= 0.3 is 0 Å². The number of aliphatic hydroxyl groups excluding tert-OH is 3. The second-order valence-electron chi connectivity index (χ2n) is 8.14. The van der Waals surface area contributed by atoms with Crippen molar-refractivity contribution in [2.45, 2.75) is 37.9 Å². The molecule has 3 aliphatic carbocycles. The number of Topliss-reactive ketones (excluding diaryl/α,β-unsaturated/α-hetero) is 3. The van der Waals surface area contributed by atoms with Crippen molar-refractivity contribution in [1.29, 1.82) is 0 Å². The Balaban J connectivity index is 2.03. The lowest BCUT2D eigenvalue weighted by Gasteiger charge is -2.50. The van der Waals surface area contributed by atoms with Crippen LogP contribution < -0.4 is 5.73 Å². The van der Waals surface area contributed by atoms with Gasteiger partial charge < -0.3 is 31.3 Å². The molecule has 1 aromatic rings. The molecule has 0 radical (unpaired) electrons. The Morgan fingerprint density at radius 1 is 1.20 bits per heavy atom. The van der Waals surface area contributed by atoms with Crippen LogP contribution in [0.2, 0.25) is 0 Å². The van der Waals surface area contributed by atoms with Gasteiger partial charge in [0, 0.05) is 23.8 Å². The number of anilines is 1. The Morgan fingerprint density at radius 3 is 2.43 bits per heavy atom. The second kappa shape index (κ2) is 6.16. The molecule has 3 aliphatic rings. The Kier molecular flexibility index (Phi) is 4.13. The summed E-state index contributed by atoms with van der Waals surface area (Å²) in [5.41, 5.74) is 2.13. The van der Waals surface area contributed by atoms with Crippen molar-refractivity contribution < 1.29 is 39.9 Å². The summed E-state index contributed by atoms with van der Waals surface area (Å²) >= 11 is 0. The number of hydrogen-bond donors (Lipinski definition) is 6. The molecule has 9 heteroatoms. The van der Waals surface area contributed by atoms with Crippen molar-refractivity contribution in [3.8, 4) is 5.75 Å². The minimum Gasteiger partial charge on any atom is -0.508 e. The lowest BCUT2D eigenvalue weighted by Crippen LogP contribution is -2.63. The summed E-state index contributed by atoms with van der Waals surface area (Å²) in [5, 5.41) is 54.1. The number of aromatic hydroxyl groups is 1. The molecular formula is C21H21NO8. The van der Waals surface area contributed by atoms with Gasteiger partial charge in [0.15, 0.2) is 17.2 Å². The van der Waals surface area contributed by atoms with Crippen molar-refractivity contribution in [2.24, 2.45) is 11.8 Å². The fraction of sp³-hybridized carbons (Fsp3) is 0.381. The van der Waals surface area contributed by atoms with Crippen LogP contribution in [0.1, 0.15) is 37.3 Å². The van der Waals surface area contributed by atoms with Crippen molar-refractivity contribution >= 4 is 28.8 Å². The van der Waals surface area contributed by atoms with E-state index in [0.29, 0.717) is 5.56 Å². The van der Waals surface area contributed by atoms with Crippen LogP contribution in [0.4, 0.5) is 5.69 Å². The van der Waals surface area contributed by atoms with E-state index >= 15 is 0 Å². The van der Waals surface area contributed by atoms with Crippen LogP contribution in [-0.4, -0.2) is 54.6 Å². The fourth-order valence-electron chi connectivity index (χ4n) is 5.12. The zero-order valence-corrected chi connectivity index (χ0v) is 16.2. The first-order valence-corrected chi connectivity index (χ1v) is 9.42. The molecule has 4 rings (SSSR count). The van der Waals surface area contributed by atoms with Gasteiger partial charge in [0.25, 0.3) is 0 Å². The molecule has 0 bridgehead atoms. The minimum atomic E-state index is -2.76. The first-order valence-electron chi connectivity index (χ1n) is 9.42. The van der Waals surface area contributed by atoms with E-state index in [4.69, 9.17) is 5.73 Å². The van der Waals surface area contributed by atoms with Crippen LogP contribution in [0, 0.1) is 11.8 Å². The zero-order chi connectivity index (χ0) is 22.3. The van der Waals surface area contributed by atoms with Crippen molar-refractivity contribution in [2.75, 3.05) is 5.73 Å². The fourth-order valence-corrected chi connectivity index (χ4v) is 5.12.